The maximum absolute atomic E-state index is 11.2. The number of carbonyl (C=O) groups is 1. The van der Waals surface area contributed by atoms with Gasteiger partial charge in [0.2, 0.25) is 5.91 Å². The molecule has 0 aromatic carbocycles. The van der Waals surface area contributed by atoms with Gasteiger partial charge >= 0.3 is 0 Å². The minimum atomic E-state index is -2.97. The van der Waals surface area contributed by atoms with E-state index in [9.17, 15) is 13.2 Å². The first kappa shape index (κ1) is 9.51. The van der Waals surface area contributed by atoms with Crippen LogP contribution in [0.2, 0.25) is 0 Å². The molecule has 70 valence electrons. The summed E-state index contributed by atoms with van der Waals surface area (Å²) in [5, 5.41) is 2.48. The van der Waals surface area contributed by atoms with Crippen LogP contribution in [0.1, 0.15) is 13.3 Å². The summed E-state index contributed by atoms with van der Waals surface area (Å²) in [5.41, 5.74) is -0.701. The van der Waals surface area contributed by atoms with Crippen molar-refractivity contribution in [2.75, 3.05) is 18.6 Å². The molecule has 0 aromatic rings. The van der Waals surface area contributed by atoms with Crippen LogP contribution in [-0.2, 0) is 14.6 Å². The molecule has 1 aliphatic heterocycles. The van der Waals surface area contributed by atoms with E-state index in [2.05, 4.69) is 5.32 Å². The lowest BCUT2D eigenvalue weighted by Gasteiger charge is -2.18. The predicted octanol–water partition coefficient (Wildman–Crippen LogP) is -0.443. The summed E-state index contributed by atoms with van der Waals surface area (Å²) in [6.45, 7) is 1.69. The van der Waals surface area contributed by atoms with Gasteiger partial charge in [-0.05, 0) is 13.3 Å². The van der Waals surface area contributed by atoms with Crippen LogP contribution in [0.15, 0.2) is 0 Å². The molecule has 1 atom stereocenters. The Hall–Kier alpha value is -0.580. The molecule has 0 aliphatic carbocycles. The van der Waals surface area contributed by atoms with Crippen molar-refractivity contribution < 1.29 is 13.2 Å². The van der Waals surface area contributed by atoms with Crippen LogP contribution in [0.3, 0.4) is 0 Å². The number of rotatable bonds is 1. The van der Waals surface area contributed by atoms with E-state index in [0.717, 1.165) is 0 Å². The van der Waals surface area contributed by atoms with Crippen molar-refractivity contribution in [1.82, 2.24) is 5.32 Å². The standard InChI is InChI=1S/C7H13NO3S/c1-7(6(9)8-2)3-4-12(10,11)5-7/h3-5H2,1-2H3,(H,8,9). The van der Waals surface area contributed by atoms with Crippen LogP contribution < -0.4 is 5.32 Å². The Kier molecular flexibility index (Phi) is 2.16. The first-order valence-corrected chi connectivity index (χ1v) is 5.64. The molecule has 1 heterocycles. The van der Waals surface area contributed by atoms with Crippen molar-refractivity contribution in [1.29, 1.82) is 0 Å². The van der Waals surface area contributed by atoms with E-state index in [4.69, 9.17) is 0 Å². The van der Waals surface area contributed by atoms with Gasteiger partial charge in [0.1, 0.15) is 0 Å². The average Bonchev–Trinajstić information content (AvgIpc) is 2.25. The lowest BCUT2D eigenvalue weighted by atomic mass is 9.89. The molecule has 0 saturated carbocycles. The fourth-order valence-electron chi connectivity index (χ4n) is 1.49. The van der Waals surface area contributed by atoms with Crippen molar-refractivity contribution in [3.05, 3.63) is 0 Å². The molecule has 1 saturated heterocycles. The highest BCUT2D eigenvalue weighted by molar-refractivity contribution is 7.91. The summed E-state index contributed by atoms with van der Waals surface area (Å²) in [6.07, 6.45) is 0.439. The van der Waals surface area contributed by atoms with Crippen molar-refractivity contribution in [2.24, 2.45) is 5.41 Å². The second-order valence-electron chi connectivity index (χ2n) is 3.48. The minimum Gasteiger partial charge on any atom is -0.359 e. The third kappa shape index (κ3) is 1.60. The van der Waals surface area contributed by atoms with Gasteiger partial charge in [-0.1, -0.05) is 0 Å². The molecule has 1 rings (SSSR count). The molecule has 1 amide bonds. The molecule has 12 heavy (non-hydrogen) atoms. The van der Waals surface area contributed by atoms with Crippen LogP contribution in [0.4, 0.5) is 0 Å². The molecule has 0 aromatic heterocycles. The second-order valence-corrected chi connectivity index (χ2v) is 5.67. The largest absolute Gasteiger partial charge is 0.359 e. The molecule has 4 nitrogen and oxygen atoms in total. The Morgan fingerprint density at radius 3 is 2.42 bits per heavy atom. The number of hydrogen-bond acceptors (Lipinski definition) is 3. The molecule has 1 fully saturated rings. The van der Waals surface area contributed by atoms with Gasteiger partial charge in [0.25, 0.3) is 0 Å². The van der Waals surface area contributed by atoms with E-state index in [1.807, 2.05) is 0 Å². The van der Waals surface area contributed by atoms with E-state index < -0.39 is 15.3 Å². The maximum Gasteiger partial charge on any atom is 0.226 e. The Bertz CT molecular complexity index is 296. The van der Waals surface area contributed by atoms with Crippen molar-refractivity contribution >= 4 is 15.7 Å². The third-order valence-corrected chi connectivity index (χ3v) is 4.18. The second kappa shape index (κ2) is 2.73. The van der Waals surface area contributed by atoms with Crippen molar-refractivity contribution in [2.45, 2.75) is 13.3 Å². The van der Waals surface area contributed by atoms with Gasteiger partial charge < -0.3 is 5.32 Å². The molecule has 5 heteroatoms. The maximum atomic E-state index is 11.2. The highest BCUT2D eigenvalue weighted by Gasteiger charge is 2.43. The number of nitrogens with one attached hydrogen (secondary N) is 1. The number of carbonyl (C=O) groups excluding carboxylic acids is 1. The average molecular weight is 191 g/mol. The zero-order valence-electron chi connectivity index (χ0n) is 7.25. The van der Waals surface area contributed by atoms with Crippen LogP contribution in [0.25, 0.3) is 0 Å². The third-order valence-electron chi connectivity index (χ3n) is 2.28. The van der Waals surface area contributed by atoms with Gasteiger partial charge in [0, 0.05) is 7.05 Å². The Balaban J connectivity index is 2.85. The van der Waals surface area contributed by atoms with Crippen LogP contribution >= 0.6 is 0 Å². The summed E-state index contributed by atoms with van der Waals surface area (Å²) in [7, 11) is -1.44. The lowest BCUT2D eigenvalue weighted by Crippen LogP contribution is -2.37. The van der Waals surface area contributed by atoms with E-state index in [0.29, 0.717) is 6.42 Å². The minimum absolute atomic E-state index is 0.0142. The normalized spacial score (nSPS) is 33.2. The zero-order chi connectivity index (χ0) is 9.41. The number of hydrogen-bond donors (Lipinski definition) is 1. The lowest BCUT2D eigenvalue weighted by molar-refractivity contribution is -0.128. The molecule has 0 radical (unpaired) electrons. The van der Waals surface area contributed by atoms with E-state index in [1.165, 1.54) is 7.05 Å². The summed E-state index contributed by atoms with van der Waals surface area (Å²) in [4.78, 5) is 11.2. The Morgan fingerprint density at radius 1 is 1.50 bits per heavy atom. The summed E-state index contributed by atoms with van der Waals surface area (Å²) < 4.78 is 22.2. The summed E-state index contributed by atoms with van der Waals surface area (Å²) in [5.74, 6) is -0.0556. The van der Waals surface area contributed by atoms with Gasteiger partial charge in [-0.2, -0.15) is 0 Å². The van der Waals surface area contributed by atoms with Gasteiger partial charge in [0.15, 0.2) is 9.84 Å². The predicted molar refractivity (Wildman–Crippen MR) is 45.4 cm³/mol. The molecular formula is C7H13NO3S. The van der Waals surface area contributed by atoms with Crippen LogP contribution in [0.5, 0.6) is 0 Å². The molecular weight excluding hydrogens is 178 g/mol. The summed E-state index contributed by atoms with van der Waals surface area (Å²) in [6, 6.07) is 0. The van der Waals surface area contributed by atoms with Gasteiger partial charge in [0.05, 0.1) is 16.9 Å². The van der Waals surface area contributed by atoms with Crippen molar-refractivity contribution in [3.8, 4) is 0 Å². The first-order valence-electron chi connectivity index (χ1n) is 3.82. The zero-order valence-corrected chi connectivity index (χ0v) is 8.07. The molecule has 1 N–H and O–H groups in total. The Morgan fingerprint density at radius 2 is 2.08 bits per heavy atom. The fourth-order valence-corrected chi connectivity index (χ4v) is 3.64. The highest BCUT2D eigenvalue weighted by Crippen LogP contribution is 2.31. The number of sulfone groups is 1. The van der Waals surface area contributed by atoms with Gasteiger partial charge in [-0.15, -0.1) is 0 Å². The number of amides is 1. The first-order chi connectivity index (χ1) is 5.40. The fraction of sp³-hybridized carbons (Fsp3) is 0.857. The van der Waals surface area contributed by atoms with Crippen LogP contribution in [-0.4, -0.2) is 32.9 Å². The molecule has 1 aliphatic rings. The Labute approximate surface area is 72.3 Å². The van der Waals surface area contributed by atoms with Crippen LogP contribution in [0, 0.1) is 5.41 Å². The van der Waals surface area contributed by atoms with E-state index >= 15 is 0 Å². The topological polar surface area (TPSA) is 63.2 Å². The van der Waals surface area contributed by atoms with E-state index in [-0.39, 0.29) is 17.4 Å². The monoisotopic (exact) mass is 191 g/mol. The molecule has 0 bridgehead atoms. The molecule has 0 spiro atoms. The van der Waals surface area contributed by atoms with E-state index in [1.54, 1.807) is 6.92 Å². The SMILES string of the molecule is CNC(=O)C1(C)CCS(=O)(=O)C1. The van der Waals surface area contributed by atoms with Gasteiger partial charge in [-0.25, -0.2) is 8.42 Å². The van der Waals surface area contributed by atoms with Crippen molar-refractivity contribution in [3.63, 3.8) is 0 Å². The molecule has 1 unspecified atom stereocenters. The highest BCUT2D eigenvalue weighted by atomic mass is 32.2. The summed E-state index contributed by atoms with van der Waals surface area (Å²) >= 11 is 0. The van der Waals surface area contributed by atoms with Gasteiger partial charge in [-0.3, -0.25) is 4.79 Å². The quantitative estimate of drug-likeness (QED) is 0.611. The smallest absolute Gasteiger partial charge is 0.226 e.